The lowest BCUT2D eigenvalue weighted by atomic mass is 9.56. The molecule has 160 valence electrons. The van der Waals surface area contributed by atoms with Gasteiger partial charge in [0, 0.05) is 16.9 Å². The zero-order valence-electron chi connectivity index (χ0n) is 17.9. The van der Waals surface area contributed by atoms with Crippen molar-refractivity contribution in [2.75, 3.05) is 0 Å². The summed E-state index contributed by atoms with van der Waals surface area (Å²) in [7, 11) is 0. The van der Waals surface area contributed by atoms with Crippen LogP contribution in [0.15, 0.2) is 36.0 Å². The molecular formula is C24H34O5. The van der Waals surface area contributed by atoms with Gasteiger partial charge in [0.2, 0.25) is 0 Å². The molecule has 1 saturated carbocycles. The van der Waals surface area contributed by atoms with Crippen LogP contribution >= 0.6 is 0 Å². The van der Waals surface area contributed by atoms with Crippen molar-refractivity contribution in [3.63, 3.8) is 0 Å². The third-order valence-electron chi connectivity index (χ3n) is 6.44. The van der Waals surface area contributed by atoms with Gasteiger partial charge in [0.1, 0.15) is 6.10 Å². The van der Waals surface area contributed by atoms with Crippen molar-refractivity contribution in [1.82, 2.24) is 0 Å². The number of ether oxygens (including phenoxy) is 1. The second-order valence-electron chi connectivity index (χ2n) is 8.59. The largest absolute Gasteiger partial charge is 0.481 e. The van der Waals surface area contributed by atoms with E-state index in [4.69, 9.17) is 4.74 Å². The van der Waals surface area contributed by atoms with E-state index in [1.54, 1.807) is 19.1 Å². The summed E-state index contributed by atoms with van der Waals surface area (Å²) in [4.78, 5) is 37.1. The van der Waals surface area contributed by atoms with Gasteiger partial charge in [-0.2, -0.15) is 0 Å². The predicted molar refractivity (Wildman–Crippen MR) is 112 cm³/mol. The Morgan fingerprint density at radius 1 is 1.34 bits per heavy atom. The van der Waals surface area contributed by atoms with Crippen LogP contribution in [0.2, 0.25) is 0 Å². The van der Waals surface area contributed by atoms with Crippen LogP contribution in [0.3, 0.4) is 0 Å². The monoisotopic (exact) mass is 402 g/mol. The Morgan fingerprint density at radius 2 is 2.07 bits per heavy atom. The summed E-state index contributed by atoms with van der Waals surface area (Å²) >= 11 is 0. The summed E-state index contributed by atoms with van der Waals surface area (Å²) in [6.07, 6.45) is 10.5. The molecule has 4 atom stereocenters. The fourth-order valence-electron chi connectivity index (χ4n) is 4.70. The summed E-state index contributed by atoms with van der Waals surface area (Å²) in [5.41, 5.74) is 0.527. The Morgan fingerprint density at radius 3 is 2.69 bits per heavy atom. The van der Waals surface area contributed by atoms with E-state index in [1.165, 1.54) is 0 Å². The summed E-state index contributed by atoms with van der Waals surface area (Å²) in [6, 6.07) is 0. The van der Waals surface area contributed by atoms with Gasteiger partial charge in [-0.05, 0) is 57.1 Å². The van der Waals surface area contributed by atoms with Gasteiger partial charge in [0.25, 0.3) is 0 Å². The Kier molecular flexibility index (Phi) is 8.00. The zero-order chi connectivity index (χ0) is 21.6. The molecule has 5 heteroatoms. The average molecular weight is 403 g/mol. The number of carbonyl (C=O) groups is 3. The van der Waals surface area contributed by atoms with Crippen molar-refractivity contribution in [2.24, 2.45) is 17.3 Å². The molecule has 0 bridgehead atoms. The van der Waals surface area contributed by atoms with Crippen molar-refractivity contribution < 1.29 is 24.2 Å². The van der Waals surface area contributed by atoms with Crippen LogP contribution in [0, 0.1) is 17.3 Å². The fourth-order valence-corrected chi connectivity index (χ4v) is 4.70. The third kappa shape index (κ3) is 5.26. The van der Waals surface area contributed by atoms with E-state index in [9.17, 15) is 19.5 Å². The molecule has 0 amide bonds. The lowest BCUT2D eigenvalue weighted by Crippen LogP contribution is -2.48. The molecule has 0 aromatic rings. The molecule has 1 N–H and O–H groups in total. The van der Waals surface area contributed by atoms with E-state index in [-0.39, 0.29) is 17.7 Å². The first-order chi connectivity index (χ1) is 13.7. The van der Waals surface area contributed by atoms with Gasteiger partial charge in [-0.3, -0.25) is 9.59 Å². The standard InChI is InChI=1S/C24H34O5/c1-5-7-8-9-11-16(3)23(28)29-21-13-12-18(22(26)27)24(4)15-17(10-6-2)20(25)14-19(21)24/h6,11,14,17-18,21H,2,5,7-10,12-13,15H2,1,3-4H3,(H,26,27)/b16-11+/t17-,18-,21-,24-/m1/s1. The quantitative estimate of drug-likeness (QED) is 0.254. The maximum atomic E-state index is 12.6. The highest BCUT2D eigenvalue weighted by Gasteiger charge is 2.52. The summed E-state index contributed by atoms with van der Waals surface area (Å²) in [5, 5.41) is 9.77. The van der Waals surface area contributed by atoms with E-state index in [1.807, 2.05) is 13.0 Å². The van der Waals surface area contributed by atoms with Crippen molar-refractivity contribution in [3.8, 4) is 0 Å². The van der Waals surface area contributed by atoms with Crippen LogP contribution in [0.25, 0.3) is 0 Å². The highest BCUT2D eigenvalue weighted by atomic mass is 16.5. The van der Waals surface area contributed by atoms with Gasteiger partial charge >= 0.3 is 11.9 Å². The van der Waals surface area contributed by atoms with Crippen LogP contribution < -0.4 is 0 Å². The fraction of sp³-hybridized carbons (Fsp3) is 0.625. The lowest BCUT2D eigenvalue weighted by Gasteiger charge is -2.48. The van der Waals surface area contributed by atoms with Crippen molar-refractivity contribution >= 4 is 17.7 Å². The van der Waals surface area contributed by atoms with Gasteiger partial charge in [0.05, 0.1) is 5.92 Å². The summed E-state index contributed by atoms with van der Waals surface area (Å²) < 4.78 is 5.78. The number of ketones is 1. The van der Waals surface area contributed by atoms with E-state index in [2.05, 4.69) is 13.5 Å². The zero-order valence-corrected chi connectivity index (χ0v) is 17.9. The second kappa shape index (κ2) is 10.0. The van der Waals surface area contributed by atoms with Crippen molar-refractivity contribution in [3.05, 3.63) is 36.0 Å². The molecular weight excluding hydrogens is 368 g/mol. The van der Waals surface area contributed by atoms with E-state index >= 15 is 0 Å². The molecule has 0 unspecified atom stereocenters. The molecule has 5 nitrogen and oxygen atoms in total. The Hall–Kier alpha value is -2.17. The minimum Gasteiger partial charge on any atom is -0.481 e. The molecule has 0 aromatic heterocycles. The minimum atomic E-state index is -0.859. The van der Waals surface area contributed by atoms with E-state index in [0.717, 1.165) is 25.7 Å². The minimum absolute atomic E-state index is 0.0312. The number of aliphatic carboxylic acids is 1. The number of hydrogen-bond donors (Lipinski definition) is 1. The Labute approximate surface area is 173 Å². The molecule has 2 rings (SSSR count). The van der Waals surface area contributed by atoms with Crippen LogP contribution in [-0.4, -0.2) is 28.9 Å². The molecule has 0 radical (unpaired) electrons. The van der Waals surface area contributed by atoms with E-state index in [0.29, 0.717) is 36.8 Å². The van der Waals surface area contributed by atoms with Crippen LogP contribution in [0.4, 0.5) is 0 Å². The van der Waals surface area contributed by atoms with Crippen LogP contribution in [-0.2, 0) is 19.1 Å². The third-order valence-corrected chi connectivity index (χ3v) is 6.44. The normalized spacial score (nSPS) is 29.6. The number of allylic oxidation sites excluding steroid dienone is 3. The van der Waals surface area contributed by atoms with Gasteiger partial charge in [-0.1, -0.05) is 38.8 Å². The highest BCUT2D eigenvalue weighted by Crippen LogP contribution is 2.53. The first-order valence-corrected chi connectivity index (χ1v) is 10.7. The molecule has 2 aliphatic rings. The molecule has 0 saturated heterocycles. The van der Waals surface area contributed by atoms with Gasteiger partial charge in [-0.25, -0.2) is 4.79 Å². The first kappa shape index (κ1) is 23.1. The van der Waals surface area contributed by atoms with E-state index < -0.39 is 23.4 Å². The topological polar surface area (TPSA) is 80.7 Å². The first-order valence-electron chi connectivity index (χ1n) is 10.7. The SMILES string of the molecule is C=CC[C@@H]1C[C@@]2(C)C(=CC1=O)[C@H](OC(=O)/C(C)=C/CCCCC)CC[C@@H]2C(=O)O. The molecule has 2 aliphatic carbocycles. The number of esters is 1. The number of rotatable bonds is 9. The highest BCUT2D eigenvalue weighted by molar-refractivity contribution is 5.95. The number of fused-ring (bicyclic) bond motifs is 1. The Balaban J connectivity index is 2.23. The number of hydrogen-bond acceptors (Lipinski definition) is 4. The average Bonchev–Trinajstić information content (AvgIpc) is 2.66. The van der Waals surface area contributed by atoms with Gasteiger partial charge in [0.15, 0.2) is 5.78 Å². The molecule has 0 heterocycles. The molecule has 0 aromatic carbocycles. The van der Waals surface area contributed by atoms with Gasteiger partial charge < -0.3 is 9.84 Å². The number of carboxylic acids is 1. The number of carboxylic acid groups (broad SMARTS) is 1. The molecule has 1 fully saturated rings. The van der Waals surface area contributed by atoms with Crippen molar-refractivity contribution in [2.45, 2.75) is 78.2 Å². The second-order valence-corrected chi connectivity index (χ2v) is 8.59. The summed E-state index contributed by atoms with van der Waals surface area (Å²) in [6.45, 7) is 9.49. The molecule has 0 aliphatic heterocycles. The summed E-state index contributed by atoms with van der Waals surface area (Å²) in [5.74, 6) is -2.13. The van der Waals surface area contributed by atoms with Crippen LogP contribution in [0.5, 0.6) is 0 Å². The number of carbonyl (C=O) groups excluding carboxylic acids is 2. The maximum Gasteiger partial charge on any atom is 0.333 e. The molecule has 29 heavy (non-hydrogen) atoms. The number of unbranched alkanes of at least 4 members (excludes halogenated alkanes) is 3. The van der Waals surface area contributed by atoms with Crippen LogP contribution in [0.1, 0.15) is 72.1 Å². The lowest BCUT2D eigenvalue weighted by molar-refractivity contribution is -0.153. The van der Waals surface area contributed by atoms with Gasteiger partial charge in [-0.15, -0.1) is 6.58 Å². The Bertz CT molecular complexity index is 717. The van der Waals surface area contributed by atoms with Crippen molar-refractivity contribution in [1.29, 1.82) is 0 Å². The smallest absolute Gasteiger partial charge is 0.333 e. The predicted octanol–water partition coefficient (Wildman–Crippen LogP) is 5.02. The maximum absolute atomic E-state index is 12.6. The molecule has 0 spiro atoms.